The van der Waals surface area contributed by atoms with E-state index >= 15 is 0 Å². The van der Waals surface area contributed by atoms with Gasteiger partial charge in [0.1, 0.15) is 0 Å². The maximum atomic E-state index is 6.11. The van der Waals surface area contributed by atoms with Crippen LogP contribution >= 0.6 is 0 Å². The largest absolute Gasteiger partial charge is 0.369 e. The Balaban J connectivity index is 2.26. The van der Waals surface area contributed by atoms with Crippen LogP contribution < -0.4 is 5.73 Å². The molecule has 1 aromatic heterocycles. The van der Waals surface area contributed by atoms with Crippen molar-refractivity contribution in [2.24, 2.45) is 5.92 Å². The minimum atomic E-state index is 0.407. The average Bonchev–Trinajstić information content (AvgIpc) is 2.66. The highest BCUT2D eigenvalue weighted by Gasteiger charge is 2.15. The van der Waals surface area contributed by atoms with Gasteiger partial charge in [-0.2, -0.15) is 0 Å². The van der Waals surface area contributed by atoms with Gasteiger partial charge in [-0.25, -0.2) is 4.98 Å². The van der Waals surface area contributed by atoms with E-state index in [4.69, 9.17) is 5.73 Å². The lowest BCUT2D eigenvalue weighted by Crippen LogP contribution is -2.09. The van der Waals surface area contributed by atoms with Crippen molar-refractivity contribution in [2.45, 2.75) is 53.0 Å². The zero-order valence-corrected chi connectivity index (χ0v) is 12.5. The molecule has 104 valence electrons. The van der Waals surface area contributed by atoms with Gasteiger partial charge in [0.05, 0.1) is 11.0 Å². The highest BCUT2D eigenvalue weighted by Crippen LogP contribution is 2.28. The predicted octanol–water partition coefficient (Wildman–Crippen LogP) is 4.31. The summed E-state index contributed by atoms with van der Waals surface area (Å²) in [6.45, 7) is 8.91. The second-order valence-electron chi connectivity index (χ2n) is 5.96. The number of aromatic nitrogens is 2. The number of aryl methyl sites for hydroxylation is 1. The molecule has 3 nitrogen and oxygen atoms in total. The Morgan fingerprint density at radius 1 is 1.21 bits per heavy atom. The van der Waals surface area contributed by atoms with Crippen molar-refractivity contribution >= 4 is 17.0 Å². The number of nitrogen functional groups attached to an aromatic ring is 1. The van der Waals surface area contributed by atoms with Gasteiger partial charge in [0.25, 0.3) is 0 Å². The molecule has 0 radical (unpaired) electrons. The zero-order chi connectivity index (χ0) is 14.0. The number of hydrogen-bond donors (Lipinski definition) is 1. The van der Waals surface area contributed by atoms with E-state index in [0.717, 1.165) is 17.9 Å². The molecule has 2 aromatic rings. The first-order chi connectivity index (χ1) is 9.00. The Morgan fingerprint density at radius 3 is 2.63 bits per heavy atom. The summed E-state index contributed by atoms with van der Waals surface area (Å²) in [5, 5.41) is 0. The van der Waals surface area contributed by atoms with Gasteiger partial charge in [0, 0.05) is 6.04 Å². The molecule has 0 saturated heterocycles. The van der Waals surface area contributed by atoms with E-state index in [1.807, 2.05) is 12.1 Å². The second kappa shape index (κ2) is 5.64. The molecule has 2 rings (SSSR count). The van der Waals surface area contributed by atoms with Crippen molar-refractivity contribution in [3.8, 4) is 0 Å². The van der Waals surface area contributed by atoms with E-state index in [1.165, 1.54) is 23.9 Å². The monoisotopic (exact) mass is 259 g/mol. The minimum Gasteiger partial charge on any atom is -0.369 e. The third-order valence-electron chi connectivity index (χ3n) is 3.78. The lowest BCUT2D eigenvalue weighted by molar-refractivity contribution is 0.457. The first-order valence-electron chi connectivity index (χ1n) is 7.23. The van der Waals surface area contributed by atoms with E-state index in [0.29, 0.717) is 12.0 Å². The van der Waals surface area contributed by atoms with E-state index < -0.39 is 0 Å². The Morgan fingerprint density at radius 2 is 1.95 bits per heavy atom. The summed E-state index contributed by atoms with van der Waals surface area (Å²) >= 11 is 0. The van der Waals surface area contributed by atoms with Crippen molar-refractivity contribution in [3.05, 3.63) is 23.8 Å². The molecule has 0 bridgehead atoms. The number of anilines is 1. The van der Waals surface area contributed by atoms with E-state index in [9.17, 15) is 0 Å². The molecule has 1 aromatic carbocycles. The fourth-order valence-electron chi connectivity index (χ4n) is 2.74. The first kappa shape index (κ1) is 13.9. The molecule has 19 heavy (non-hydrogen) atoms. The van der Waals surface area contributed by atoms with Crippen molar-refractivity contribution < 1.29 is 0 Å². The number of hydrogen-bond acceptors (Lipinski definition) is 2. The molecule has 0 amide bonds. The molecule has 0 fully saturated rings. The molecule has 0 aliphatic rings. The quantitative estimate of drug-likeness (QED) is 0.869. The smallest absolute Gasteiger partial charge is 0.201 e. The van der Waals surface area contributed by atoms with Crippen LogP contribution in [-0.2, 0) is 0 Å². The van der Waals surface area contributed by atoms with Crippen LogP contribution in [-0.4, -0.2) is 9.55 Å². The number of benzene rings is 1. The fourth-order valence-corrected chi connectivity index (χ4v) is 2.74. The third kappa shape index (κ3) is 2.91. The molecule has 0 aliphatic carbocycles. The second-order valence-corrected chi connectivity index (χ2v) is 5.96. The summed E-state index contributed by atoms with van der Waals surface area (Å²) in [5.74, 6) is 1.41. The van der Waals surface area contributed by atoms with Gasteiger partial charge in [-0.15, -0.1) is 0 Å². The van der Waals surface area contributed by atoms with Gasteiger partial charge in [-0.05, 0) is 37.8 Å². The summed E-state index contributed by atoms with van der Waals surface area (Å²) in [6, 6.07) is 6.61. The average molecular weight is 259 g/mol. The Labute approximate surface area is 115 Å². The van der Waals surface area contributed by atoms with E-state index in [2.05, 4.69) is 43.3 Å². The number of fused-ring (bicyclic) bond motifs is 1. The number of para-hydroxylation sites is 1. The van der Waals surface area contributed by atoms with Crippen molar-refractivity contribution in [3.63, 3.8) is 0 Å². The maximum absolute atomic E-state index is 6.11. The Hall–Kier alpha value is -1.51. The molecule has 1 unspecified atom stereocenters. The highest BCUT2D eigenvalue weighted by atomic mass is 15.2. The lowest BCUT2D eigenvalue weighted by Gasteiger charge is -2.17. The number of rotatable bonds is 5. The summed E-state index contributed by atoms with van der Waals surface area (Å²) in [7, 11) is 0. The molecule has 3 heteroatoms. The predicted molar refractivity (Wildman–Crippen MR) is 82.3 cm³/mol. The van der Waals surface area contributed by atoms with Crippen LogP contribution in [0.25, 0.3) is 11.0 Å². The van der Waals surface area contributed by atoms with Crippen LogP contribution in [0.2, 0.25) is 0 Å². The van der Waals surface area contributed by atoms with Crippen LogP contribution in [0.1, 0.15) is 51.6 Å². The summed E-state index contributed by atoms with van der Waals surface area (Å²) in [6.07, 6.45) is 3.67. The Kier molecular flexibility index (Phi) is 4.13. The van der Waals surface area contributed by atoms with Crippen LogP contribution in [0.15, 0.2) is 18.2 Å². The van der Waals surface area contributed by atoms with Gasteiger partial charge in [0.15, 0.2) is 0 Å². The van der Waals surface area contributed by atoms with Crippen molar-refractivity contribution in [2.75, 3.05) is 5.73 Å². The minimum absolute atomic E-state index is 0.407. The van der Waals surface area contributed by atoms with E-state index in [1.54, 1.807) is 0 Å². The normalized spacial score (nSPS) is 13.3. The van der Waals surface area contributed by atoms with Crippen LogP contribution in [0, 0.1) is 12.8 Å². The van der Waals surface area contributed by atoms with Crippen LogP contribution in [0.4, 0.5) is 5.95 Å². The van der Waals surface area contributed by atoms with Crippen LogP contribution in [0.3, 0.4) is 0 Å². The zero-order valence-electron chi connectivity index (χ0n) is 12.5. The molecule has 1 atom stereocenters. The first-order valence-corrected chi connectivity index (χ1v) is 7.23. The Bertz CT molecular complexity index is 554. The summed E-state index contributed by atoms with van der Waals surface area (Å²) in [5.41, 5.74) is 9.55. The number of imidazole rings is 1. The number of nitrogens with two attached hydrogens (primary N) is 1. The summed E-state index contributed by atoms with van der Waals surface area (Å²) in [4.78, 5) is 4.48. The standard InChI is InChI=1S/C16H25N3/c1-11(2)7-5-9-13(4)19-15-12(3)8-6-10-14(15)18-16(19)17/h6,8,10-11,13H,5,7,9H2,1-4H3,(H2,17,18). The van der Waals surface area contributed by atoms with Crippen molar-refractivity contribution in [1.82, 2.24) is 9.55 Å². The molecule has 0 spiro atoms. The van der Waals surface area contributed by atoms with Gasteiger partial charge < -0.3 is 10.3 Å². The highest BCUT2D eigenvalue weighted by molar-refractivity contribution is 5.81. The van der Waals surface area contributed by atoms with Gasteiger partial charge in [-0.1, -0.05) is 38.8 Å². The molecule has 0 aliphatic heterocycles. The van der Waals surface area contributed by atoms with Gasteiger partial charge in [-0.3, -0.25) is 0 Å². The molecule has 0 saturated carbocycles. The van der Waals surface area contributed by atoms with Gasteiger partial charge >= 0.3 is 0 Å². The molecule has 1 heterocycles. The van der Waals surface area contributed by atoms with E-state index in [-0.39, 0.29) is 0 Å². The van der Waals surface area contributed by atoms with Gasteiger partial charge in [0.2, 0.25) is 5.95 Å². The SMILES string of the molecule is Cc1cccc2nc(N)n(C(C)CCCC(C)C)c12. The molecule has 2 N–H and O–H groups in total. The molecular formula is C16H25N3. The topological polar surface area (TPSA) is 43.8 Å². The lowest BCUT2D eigenvalue weighted by atomic mass is 10.0. The van der Waals surface area contributed by atoms with Crippen molar-refractivity contribution in [1.29, 1.82) is 0 Å². The van der Waals surface area contributed by atoms with Crippen LogP contribution in [0.5, 0.6) is 0 Å². The molecular weight excluding hydrogens is 234 g/mol. The number of nitrogens with zero attached hydrogens (tertiary/aromatic N) is 2. The summed E-state index contributed by atoms with van der Waals surface area (Å²) < 4.78 is 2.20. The fraction of sp³-hybridized carbons (Fsp3) is 0.562. The third-order valence-corrected chi connectivity index (χ3v) is 3.78. The maximum Gasteiger partial charge on any atom is 0.201 e.